The van der Waals surface area contributed by atoms with Crippen LogP contribution in [0.4, 0.5) is 11.5 Å². The van der Waals surface area contributed by atoms with E-state index in [2.05, 4.69) is 51.8 Å². The number of hydrogen-bond acceptors (Lipinski definition) is 3. The van der Waals surface area contributed by atoms with Crippen molar-refractivity contribution in [2.45, 2.75) is 20.4 Å². The van der Waals surface area contributed by atoms with Gasteiger partial charge in [0.25, 0.3) is 0 Å². The number of halogens is 1. The van der Waals surface area contributed by atoms with E-state index in [0.29, 0.717) is 0 Å². The fraction of sp³-hybridized carbons (Fsp3) is 0.267. The zero-order chi connectivity index (χ0) is 13.8. The highest BCUT2D eigenvalue weighted by molar-refractivity contribution is 9.10. The molecule has 2 N–H and O–H groups in total. The number of aryl methyl sites for hydroxylation is 1. The predicted octanol–water partition coefficient (Wildman–Crippen LogP) is 3.76. The van der Waals surface area contributed by atoms with Gasteiger partial charge < -0.3 is 10.6 Å². The lowest BCUT2D eigenvalue weighted by atomic mass is 10.1. The second-order valence-corrected chi connectivity index (χ2v) is 5.36. The summed E-state index contributed by atoms with van der Waals surface area (Å²) < 4.78 is 1.03. The molecule has 1 heterocycles. The summed E-state index contributed by atoms with van der Waals surface area (Å²) in [6.45, 7) is 5.86. The van der Waals surface area contributed by atoms with Gasteiger partial charge in [0.15, 0.2) is 0 Å². The molecule has 4 heteroatoms. The molecule has 0 radical (unpaired) electrons. The lowest BCUT2D eigenvalue weighted by Gasteiger charge is -2.23. The van der Waals surface area contributed by atoms with Crippen molar-refractivity contribution in [2.75, 3.05) is 17.2 Å². The lowest BCUT2D eigenvalue weighted by molar-refractivity contribution is 0.814. The maximum atomic E-state index is 6.00. The molecule has 2 aromatic rings. The van der Waals surface area contributed by atoms with Crippen LogP contribution >= 0.6 is 15.9 Å². The molecule has 0 saturated heterocycles. The van der Waals surface area contributed by atoms with Crippen molar-refractivity contribution in [2.24, 2.45) is 0 Å². The molecule has 0 bridgehead atoms. The van der Waals surface area contributed by atoms with Gasteiger partial charge in [0, 0.05) is 29.4 Å². The van der Waals surface area contributed by atoms with Gasteiger partial charge in [-0.1, -0.05) is 18.2 Å². The standard InChI is InChI=1S/C15H18BrN3/c1-3-19(10-12-6-4-5-7-14(12)17)15-8-11(2)13(16)9-18-15/h4-9H,3,10,17H2,1-2H3. The third kappa shape index (κ3) is 3.26. The summed E-state index contributed by atoms with van der Waals surface area (Å²) in [4.78, 5) is 6.69. The fourth-order valence-electron chi connectivity index (χ4n) is 1.94. The Bertz CT molecular complexity index is 569. The van der Waals surface area contributed by atoms with Crippen LogP contribution in [0.1, 0.15) is 18.1 Å². The first-order valence-corrected chi connectivity index (χ1v) is 7.11. The van der Waals surface area contributed by atoms with Crippen LogP contribution in [0.15, 0.2) is 41.0 Å². The van der Waals surface area contributed by atoms with E-state index in [4.69, 9.17) is 5.73 Å². The molecule has 1 aromatic heterocycles. The fourth-order valence-corrected chi connectivity index (χ4v) is 2.15. The van der Waals surface area contributed by atoms with Crippen LogP contribution in [0.5, 0.6) is 0 Å². The number of nitrogens with two attached hydrogens (primary N) is 1. The number of benzene rings is 1. The summed E-state index contributed by atoms with van der Waals surface area (Å²) in [6, 6.07) is 10.1. The van der Waals surface area contributed by atoms with Crippen LogP contribution in [-0.4, -0.2) is 11.5 Å². The van der Waals surface area contributed by atoms with Gasteiger partial charge in [-0.2, -0.15) is 0 Å². The number of para-hydroxylation sites is 1. The molecule has 0 unspecified atom stereocenters. The van der Waals surface area contributed by atoms with Crippen LogP contribution in [0.3, 0.4) is 0 Å². The summed E-state index contributed by atoms with van der Waals surface area (Å²) in [6.07, 6.45) is 1.85. The molecule has 0 saturated carbocycles. The van der Waals surface area contributed by atoms with E-state index in [1.165, 1.54) is 5.56 Å². The zero-order valence-electron chi connectivity index (χ0n) is 11.2. The number of nitrogens with zero attached hydrogens (tertiary/aromatic N) is 2. The normalized spacial score (nSPS) is 10.5. The van der Waals surface area contributed by atoms with Crippen LogP contribution in [-0.2, 0) is 6.54 Å². The molecule has 19 heavy (non-hydrogen) atoms. The van der Waals surface area contributed by atoms with Gasteiger partial charge in [-0.25, -0.2) is 4.98 Å². The van der Waals surface area contributed by atoms with Gasteiger partial charge >= 0.3 is 0 Å². The first-order chi connectivity index (χ1) is 9.11. The highest BCUT2D eigenvalue weighted by Gasteiger charge is 2.09. The average molecular weight is 320 g/mol. The number of pyridine rings is 1. The Morgan fingerprint density at radius 1 is 1.32 bits per heavy atom. The Morgan fingerprint density at radius 2 is 2.05 bits per heavy atom. The molecule has 0 amide bonds. The second kappa shape index (κ2) is 6.06. The Kier molecular flexibility index (Phi) is 4.43. The highest BCUT2D eigenvalue weighted by Crippen LogP contribution is 2.22. The molecule has 0 aliphatic carbocycles. The Morgan fingerprint density at radius 3 is 2.68 bits per heavy atom. The summed E-state index contributed by atoms with van der Waals surface area (Å²) in [5.41, 5.74) is 9.15. The summed E-state index contributed by atoms with van der Waals surface area (Å²) in [5, 5.41) is 0. The molecule has 0 spiro atoms. The van der Waals surface area contributed by atoms with Crippen molar-refractivity contribution in [1.82, 2.24) is 4.98 Å². The van der Waals surface area contributed by atoms with Crippen molar-refractivity contribution in [3.8, 4) is 0 Å². The number of hydrogen-bond donors (Lipinski definition) is 1. The van der Waals surface area contributed by atoms with Crippen molar-refractivity contribution in [3.63, 3.8) is 0 Å². The summed E-state index contributed by atoms with van der Waals surface area (Å²) in [7, 11) is 0. The van der Waals surface area contributed by atoms with Gasteiger partial charge in [0.2, 0.25) is 0 Å². The molecule has 0 atom stereocenters. The van der Waals surface area contributed by atoms with E-state index in [1.54, 1.807) is 0 Å². The maximum absolute atomic E-state index is 6.00. The van der Waals surface area contributed by atoms with Gasteiger partial charge in [0.1, 0.15) is 5.82 Å². The predicted molar refractivity (Wildman–Crippen MR) is 84.3 cm³/mol. The number of rotatable bonds is 4. The average Bonchev–Trinajstić information content (AvgIpc) is 2.41. The first-order valence-electron chi connectivity index (χ1n) is 6.32. The molecule has 0 aliphatic heterocycles. The molecule has 3 nitrogen and oxygen atoms in total. The third-order valence-electron chi connectivity index (χ3n) is 3.15. The van der Waals surface area contributed by atoms with E-state index < -0.39 is 0 Å². The topological polar surface area (TPSA) is 42.1 Å². The van der Waals surface area contributed by atoms with E-state index >= 15 is 0 Å². The van der Waals surface area contributed by atoms with E-state index in [-0.39, 0.29) is 0 Å². The van der Waals surface area contributed by atoms with Gasteiger partial charge in [-0.05, 0) is 53.0 Å². The minimum Gasteiger partial charge on any atom is -0.398 e. The summed E-state index contributed by atoms with van der Waals surface area (Å²) >= 11 is 3.48. The van der Waals surface area contributed by atoms with Crippen molar-refractivity contribution < 1.29 is 0 Å². The Hall–Kier alpha value is -1.55. The van der Waals surface area contributed by atoms with Gasteiger partial charge in [-0.15, -0.1) is 0 Å². The molecule has 1 aromatic carbocycles. The first kappa shape index (κ1) is 13.9. The molecule has 0 fully saturated rings. The highest BCUT2D eigenvalue weighted by atomic mass is 79.9. The molecule has 2 rings (SSSR count). The lowest BCUT2D eigenvalue weighted by Crippen LogP contribution is -2.23. The van der Waals surface area contributed by atoms with Crippen LogP contribution in [0.25, 0.3) is 0 Å². The Labute approximate surface area is 122 Å². The molecular formula is C15H18BrN3. The van der Waals surface area contributed by atoms with Gasteiger partial charge in [-0.3, -0.25) is 0 Å². The monoisotopic (exact) mass is 319 g/mol. The van der Waals surface area contributed by atoms with Crippen LogP contribution in [0, 0.1) is 6.92 Å². The van der Waals surface area contributed by atoms with Crippen molar-refractivity contribution >= 4 is 27.4 Å². The Balaban J connectivity index is 2.25. The van der Waals surface area contributed by atoms with Crippen molar-refractivity contribution in [3.05, 3.63) is 52.1 Å². The maximum Gasteiger partial charge on any atom is 0.129 e. The molecular weight excluding hydrogens is 302 g/mol. The number of anilines is 2. The minimum atomic E-state index is 0.775. The summed E-state index contributed by atoms with van der Waals surface area (Å²) in [5.74, 6) is 0.978. The van der Waals surface area contributed by atoms with Crippen LogP contribution < -0.4 is 10.6 Å². The third-order valence-corrected chi connectivity index (χ3v) is 3.98. The largest absolute Gasteiger partial charge is 0.398 e. The van der Waals surface area contributed by atoms with Gasteiger partial charge in [0.05, 0.1) is 0 Å². The molecule has 0 aliphatic rings. The quantitative estimate of drug-likeness (QED) is 0.872. The smallest absolute Gasteiger partial charge is 0.129 e. The number of nitrogen functional groups attached to an aromatic ring is 1. The zero-order valence-corrected chi connectivity index (χ0v) is 12.8. The SMILES string of the molecule is CCN(Cc1ccccc1N)c1cc(C)c(Br)cn1. The minimum absolute atomic E-state index is 0.775. The number of aromatic nitrogens is 1. The molecule has 100 valence electrons. The second-order valence-electron chi connectivity index (χ2n) is 4.50. The van der Waals surface area contributed by atoms with Crippen LogP contribution in [0.2, 0.25) is 0 Å². The van der Waals surface area contributed by atoms with E-state index in [9.17, 15) is 0 Å². The van der Waals surface area contributed by atoms with E-state index in [0.717, 1.165) is 34.6 Å². The van der Waals surface area contributed by atoms with Crippen molar-refractivity contribution in [1.29, 1.82) is 0 Å². The van der Waals surface area contributed by atoms with E-state index in [1.807, 2.05) is 24.4 Å².